The second-order valence-corrected chi connectivity index (χ2v) is 18.4. The van der Waals surface area contributed by atoms with Crippen LogP contribution in [0.15, 0.2) is 60.7 Å². The molecular formula is C50H78NNaO12S. The molecule has 65 heavy (non-hydrogen) atoms. The van der Waals surface area contributed by atoms with Crippen LogP contribution in [0.5, 0.6) is 0 Å². The van der Waals surface area contributed by atoms with Crippen LogP contribution in [0.2, 0.25) is 0 Å². The van der Waals surface area contributed by atoms with Gasteiger partial charge in [-0.25, -0.2) is 8.42 Å². The Labute approximate surface area is 412 Å². The molecule has 1 aliphatic heterocycles. The van der Waals surface area contributed by atoms with Gasteiger partial charge in [0.1, 0.15) is 24.4 Å². The predicted molar refractivity (Wildman–Crippen MR) is 246 cm³/mol. The number of nitrogens with one attached hydrogen (secondary N) is 1. The summed E-state index contributed by atoms with van der Waals surface area (Å²) < 4.78 is 57.1. The third kappa shape index (κ3) is 27.3. The number of esters is 2. The van der Waals surface area contributed by atoms with E-state index in [1.165, 1.54) is 36.8 Å². The molecule has 1 fully saturated rings. The van der Waals surface area contributed by atoms with Crippen LogP contribution < -0.4 is 34.9 Å². The number of amides is 1. The quantitative estimate of drug-likeness (QED) is 0.0233. The zero-order chi connectivity index (χ0) is 46.3. The van der Waals surface area contributed by atoms with Crippen molar-refractivity contribution in [1.82, 2.24) is 5.32 Å². The molecule has 1 amide bonds. The van der Waals surface area contributed by atoms with Crippen LogP contribution in [-0.2, 0) is 56.0 Å². The van der Waals surface area contributed by atoms with Gasteiger partial charge in [-0.2, -0.15) is 0 Å². The monoisotopic (exact) mass is 940 g/mol. The molecule has 1 saturated heterocycles. The Morgan fingerprint density at radius 1 is 0.677 bits per heavy atom. The minimum absolute atomic E-state index is 0. The zero-order valence-corrected chi connectivity index (χ0v) is 42.2. The van der Waals surface area contributed by atoms with E-state index >= 15 is 0 Å². The Balaban J connectivity index is 0.0000145. The van der Waals surface area contributed by atoms with Gasteiger partial charge in [-0.15, -0.1) is 0 Å². The fourth-order valence-corrected chi connectivity index (χ4v) is 8.81. The molecule has 362 valence electrons. The summed E-state index contributed by atoms with van der Waals surface area (Å²) >= 11 is 0. The van der Waals surface area contributed by atoms with Gasteiger partial charge in [0.15, 0.2) is 12.4 Å². The van der Waals surface area contributed by atoms with E-state index in [2.05, 4.69) is 48.6 Å². The summed E-state index contributed by atoms with van der Waals surface area (Å²) in [6, 6.07) is 19.1. The molecule has 1 heterocycles. The first kappa shape index (κ1) is 58.7. The summed E-state index contributed by atoms with van der Waals surface area (Å²) in [6.45, 7) is 1.30. The third-order valence-corrected chi connectivity index (χ3v) is 12.3. The molecule has 0 bridgehead atoms. The van der Waals surface area contributed by atoms with Gasteiger partial charge in [0, 0.05) is 12.8 Å². The van der Waals surface area contributed by atoms with Crippen molar-refractivity contribution < 1.29 is 85.5 Å². The van der Waals surface area contributed by atoms with Crippen molar-refractivity contribution in [3.8, 4) is 0 Å². The van der Waals surface area contributed by atoms with Gasteiger partial charge in [-0.1, -0.05) is 170 Å². The minimum Gasteiger partial charge on any atom is -0.726 e. The molecule has 0 saturated carbocycles. The molecule has 0 aromatic heterocycles. The number of carbonyl (C=O) groups excluding carboxylic acids is 3. The first-order valence-electron chi connectivity index (χ1n) is 24.3. The number of rotatable bonds is 36. The molecule has 0 aliphatic carbocycles. The van der Waals surface area contributed by atoms with E-state index in [1.807, 2.05) is 24.3 Å². The van der Waals surface area contributed by atoms with Gasteiger partial charge >= 0.3 is 41.5 Å². The average molecular weight is 940 g/mol. The second-order valence-electron chi connectivity index (χ2n) is 17.4. The van der Waals surface area contributed by atoms with Crippen LogP contribution in [0.3, 0.4) is 0 Å². The zero-order valence-electron chi connectivity index (χ0n) is 39.4. The van der Waals surface area contributed by atoms with Gasteiger partial charge in [-0.3, -0.25) is 18.6 Å². The molecular weight excluding hydrogens is 862 g/mol. The average Bonchev–Trinajstić information content (AvgIpc) is 3.27. The molecule has 2 aromatic rings. The second kappa shape index (κ2) is 35.7. The normalized spacial score (nSPS) is 18.9. The Morgan fingerprint density at radius 3 is 1.63 bits per heavy atom. The molecule has 3 rings (SSSR count). The summed E-state index contributed by atoms with van der Waals surface area (Å²) in [5.74, 6) is -1.85. The van der Waals surface area contributed by atoms with Gasteiger partial charge < -0.3 is 34.3 Å². The van der Waals surface area contributed by atoms with Crippen molar-refractivity contribution in [3.05, 3.63) is 71.8 Å². The Hall–Kier alpha value is -2.40. The van der Waals surface area contributed by atoms with Gasteiger partial charge in [0.05, 0.1) is 13.0 Å². The molecule has 0 spiro atoms. The van der Waals surface area contributed by atoms with Crippen molar-refractivity contribution >= 4 is 28.2 Å². The van der Waals surface area contributed by atoms with E-state index in [-0.39, 0.29) is 48.8 Å². The Kier molecular flexibility index (Phi) is 32.3. The fourth-order valence-electron chi connectivity index (χ4n) is 8.31. The molecule has 2 aromatic carbocycles. The molecule has 15 heteroatoms. The van der Waals surface area contributed by atoms with Crippen LogP contribution >= 0.6 is 0 Å². The van der Waals surface area contributed by atoms with Crippen molar-refractivity contribution in [3.63, 3.8) is 0 Å². The summed E-state index contributed by atoms with van der Waals surface area (Å²) in [5.41, 5.74) is 2.63. The van der Waals surface area contributed by atoms with E-state index in [0.29, 0.717) is 19.3 Å². The number of benzene rings is 2. The maximum atomic E-state index is 13.7. The van der Waals surface area contributed by atoms with Crippen LogP contribution in [0.1, 0.15) is 179 Å². The molecule has 3 N–H and O–H groups in total. The van der Waals surface area contributed by atoms with Gasteiger partial charge in [0.25, 0.3) is 0 Å². The summed E-state index contributed by atoms with van der Waals surface area (Å²) in [6.07, 6.45) is 15.4. The summed E-state index contributed by atoms with van der Waals surface area (Å²) in [5, 5.41) is 23.6. The van der Waals surface area contributed by atoms with E-state index in [4.69, 9.17) is 18.4 Å². The van der Waals surface area contributed by atoms with E-state index in [0.717, 1.165) is 109 Å². The van der Waals surface area contributed by atoms with Crippen molar-refractivity contribution in [1.29, 1.82) is 0 Å². The maximum Gasteiger partial charge on any atom is 1.00 e. The van der Waals surface area contributed by atoms with E-state index in [9.17, 15) is 37.6 Å². The van der Waals surface area contributed by atoms with E-state index in [1.54, 1.807) is 0 Å². The number of hydrogen-bond acceptors (Lipinski definition) is 12. The van der Waals surface area contributed by atoms with Crippen molar-refractivity contribution in [2.45, 2.75) is 217 Å². The van der Waals surface area contributed by atoms with E-state index < -0.39 is 71.6 Å². The number of hydrogen-bond donors (Lipinski definition) is 3. The maximum absolute atomic E-state index is 13.7. The molecule has 13 nitrogen and oxygen atoms in total. The fraction of sp³-hybridized carbons (Fsp3) is 0.700. The van der Waals surface area contributed by atoms with Crippen LogP contribution in [0.25, 0.3) is 0 Å². The standard InChI is InChI=1S/C50H79NO12S.Na/c1-2-3-4-5-6-7-8-15-26-35-42(60-45(54)36-27-16-11-9-13-20-29-40-31-22-18-23-32-40)38-44(53)51-47-49(48(63-64(57,58)59)43(39-52)61-50(47)56)62-46(55)37-28-17-12-10-14-21-30-41-33-24-19-25-34-41;/h18-19,22-25,31-34,42-43,47-50,52,56H,2-17,20-21,26-30,35-39H2,1H3,(H,51,53)(H,57,58,59);/q;+1/p-1/t42-,43+,47+,48+,49+,50-;/m0./s1. The first-order chi connectivity index (χ1) is 31.0. The molecule has 6 atom stereocenters. The number of aliphatic hydroxyl groups is 2. The summed E-state index contributed by atoms with van der Waals surface area (Å²) in [7, 11) is -5.42. The first-order valence-corrected chi connectivity index (χ1v) is 25.7. The smallest absolute Gasteiger partial charge is 0.726 e. The number of ether oxygens (including phenoxy) is 3. The SMILES string of the molecule is CCCCCCCCCCC[C@@H](CC(=O)N[C@@H]1[C@@H](OC(=O)CCCCCCCCc2ccccc2)[C@H](OS(=O)(=O)[O-])[C@@H](CO)O[C@@H]1O)OC(=O)CCCCCCCCc1ccccc1.[Na+]. The topological polar surface area (TPSA) is 198 Å². The number of unbranched alkanes of at least 4 members (excludes halogenated alkanes) is 18. The minimum atomic E-state index is -5.42. The van der Waals surface area contributed by atoms with Crippen molar-refractivity contribution in [2.75, 3.05) is 6.61 Å². The Bertz CT molecular complexity index is 1650. The molecule has 0 unspecified atom stereocenters. The Morgan fingerprint density at radius 2 is 1.14 bits per heavy atom. The van der Waals surface area contributed by atoms with Gasteiger partial charge in [-0.05, 0) is 62.5 Å². The molecule has 0 radical (unpaired) electrons. The van der Waals surface area contributed by atoms with Gasteiger partial charge in [0.2, 0.25) is 16.3 Å². The number of carbonyl (C=O) groups is 3. The predicted octanol–water partition coefficient (Wildman–Crippen LogP) is 6.11. The van der Waals surface area contributed by atoms with Crippen LogP contribution in [0.4, 0.5) is 0 Å². The van der Waals surface area contributed by atoms with Crippen LogP contribution in [0, 0.1) is 0 Å². The van der Waals surface area contributed by atoms with Crippen LogP contribution in [-0.4, -0.2) is 84.4 Å². The van der Waals surface area contributed by atoms with Crippen molar-refractivity contribution in [2.24, 2.45) is 0 Å². The number of aryl methyl sites for hydroxylation is 2. The number of aliphatic hydroxyl groups excluding tert-OH is 2. The largest absolute Gasteiger partial charge is 1.00 e. The summed E-state index contributed by atoms with van der Waals surface area (Å²) in [4.78, 5) is 39.9. The third-order valence-electron chi connectivity index (χ3n) is 11.9. The molecule has 1 aliphatic rings.